The summed E-state index contributed by atoms with van der Waals surface area (Å²) in [4.78, 5) is 0. The van der Waals surface area contributed by atoms with Gasteiger partial charge < -0.3 is 5.32 Å². The van der Waals surface area contributed by atoms with E-state index in [-0.39, 0.29) is 0 Å². The molecule has 0 aromatic rings. The normalized spacial score (nSPS) is 7.20. The molecule has 0 aliphatic carbocycles. The fraction of sp³-hybridized carbons (Fsp3) is 0.556. The Hall–Kier alpha value is -0.720. The highest BCUT2D eigenvalue weighted by atomic mass is 14.8. The fourth-order valence-corrected chi connectivity index (χ4v) is 0.390. The summed E-state index contributed by atoms with van der Waals surface area (Å²) in [6, 6.07) is 0. The molecule has 10 heavy (non-hydrogen) atoms. The van der Waals surface area contributed by atoms with Gasteiger partial charge in [-0.05, 0) is 12.0 Å². The minimum atomic E-state index is 0.938. The number of rotatable bonds is 3. The first-order chi connectivity index (χ1) is 4.72. The van der Waals surface area contributed by atoms with Gasteiger partial charge in [0.15, 0.2) is 0 Å². The molecule has 0 amide bonds. The van der Waals surface area contributed by atoms with E-state index in [4.69, 9.17) is 0 Å². The molecule has 1 nitrogen and oxygen atoms in total. The minimum absolute atomic E-state index is 0.938. The summed E-state index contributed by atoms with van der Waals surface area (Å²) >= 11 is 0. The van der Waals surface area contributed by atoms with Crippen molar-refractivity contribution in [3.63, 3.8) is 0 Å². The molecule has 0 atom stereocenters. The topological polar surface area (TPSA) is 12.0 Å². The van der Waals surface area contributed by atoms with Crippen molar-refractivity contribution >= 4 is 0 Å². The minimum Gasteiger partial charge on any atom is -0.388 e. The lowest BCUT2D eigenvalue weighted by atomic mass is 10.2. The number of allylic oxidation sites excluding steroid dienone is 1. The van der Waals surface area contributed by atoms with Gasteiger partial charge in [-0.1, -0.05) is 33.9 Å². The number of hydrogen-bond acceptors (Lipinski definition) is 1. The maximum Gasteiger partial charge on any atom is 0.0291 e. The molecule has 0 saturated heterocycles. The third kappa shape index (κ3) is 5.42. The average Bonchev–Trinajstić information content (AvgIpc) is 2.05. The van der Waals surface area contributed by atoms with Crippen LogP contribution in [0.3, 0.4) is 0 Å². The molecule has 0 aliphatic rings. The SMILES string of the molecule is C=C(CC)C(=C)NC.CC. The molecule has 1 heteroatoms. The van der Waals surface area contributed by atoms with Gasteiger partial charge in [0, 0.05) is 12.7 Å². The first-order valence-corrected chi connectivity index (χ1v) is 3.77. The van der Waals surface area contributed by atoms with Crippen LogP contribution in [-0.2, 0) is 0 Å². The Balaban J connectivity index is 0. The van der Waals surface area contributed by atoms with Crippen molar-refractivity contribution in [3.8, 4) is 0 Å². The van der Waals surface area contributed by atoms with Gasteiger partial charge in [0.1, 0.15) is 0 Å². The van der Waals surface area contributed by atoms with Crippen molar-refractivity contribution in [1.29, 1.82) is 0 Å². The molecule has 0 unspecified atom stereocenters. The van der Waals surface area contributed by atoms with Gasteiger partial charge in [-0.15, -0.1) is 0 Å². The van der Waals surface area contributed by atoms with Crippen molar-refractivity contribution in [2.45, 2.75) is 27.2 Å². The second-order valence-electron chi connectivity index (χ2n) is 1.69. The van der Waals surface area contributed by atoms with Crippen molar-refractivity contribution in [1.82, 2.24) is 5.32 Å². The van der Waals surface area contributed by atoms with Gasteiger partial charge in [-0.2, -0.15) is 0 Å². The Kier molecular flexibility index (Phi) is 9.94. The lowest BCUT2D eigenvalue weighted by Crippen LogP contribution is -2.05. The van der Waals surface area contributed by atoms with Crippen molar-refractivity contribution in [3.05, 3.63) is 24.4 Å². The molecule has 0 heterocycles. The molecule has 0 aromatic heterocycles. The highest BCUT2D eigenvalue weighted by molar-refractivity contribution is 5.21. The molecular formula is C9H19N. The number of likely N-dealkylation sites (N-methyl/N-ethyl adjacent to an activating group) is 1. The van der Waals surface area contributed by atoms with Crippen LogP contribution < -0.4 is 5.32 Å². The van der Waals surface area contributed by atoms with Crippen molar-refractivity contribution in [2.24, 2.45) is 0 Å². The summed E-state index contributed by atoms with van der Waals surface area (Å²) in [6.45, 7) is 13.6. The zero-order valence-electron chi connectivity index (χ0n) is 7.62. The molecule has 0 spiro atoms. The molecule has 0 aromatic carbocycles. The van der Waals surface area contributed by atoms with E-state index in [0.717, 1.165) is 17.7 Å². The molecule has 60 valence electrons. The summed E-state index contributed by atoms with van der Waals surface area (Å²) in [7, 11) is 1.85. The highest BCUT2D eigenvalue weighted by Gasteiger charge is 1.90. The maximum absolute atomic E-state index is 3.78. The zero-order valence-corrected chi connectivity index (χ0v) is 7.62. The van der Waals surface area contributed by atoms with Crippen LogP contribution in [-0.4, -0.2) is 7.05 Å². The van der Waals surface area contributed by atoms with Crippen LogP contribution in [0.5, 0.6) is 0 Å². The van der Waals surface area contributed by atoms with E-state index >= 15 is 0 Å². The molecule has 0 aliphatic heterocycles. The molecule has 0 bridgehead atoms. The lowest BCUT2D eigenvalue weighted by molar-refractivity contribution is 0.965. The predicted molar refractivity (Wildman–Crippen MR) is 49.0 cm³/mol. The Morgan fingerprint density at radius 1 is 1.30 bits per heavy atom. The van der Waals surface area contributed by atoms with Gasteiger partial charge in [0.25, 0.3) is 0 Å². The van der Waals surface area contributed by atoms with Gasteiger partial charge in [-0.25, -0.2) is 0 Å². The van der Waals surface area contributed by atoms with E-state index in [1.54, 1.807) is 0 Å². The van der Waals surface area contributed by atoms with E-state index in [1.807, 2.05) is 20.9 Å². The Morgan fingerprint density at radius 2 is 1.70 bits per heavy atom. The summed E-state index contributed by atoms with van der Waals surface area (Å²) < 4.78 is 0. The van der Waals surface area contributed by atoms with Crippen LogP contribution in [0.15, 0.2) is 24.4 Å². The van der Waals surface area contributed by atoms with E-state index in [9.17, 15) is 0 Å². The quantitative estimate of drug-likeness (QED) is 0.596. The standard InChI is InChI=1S/C7H13N.C2H6/c1-5-6(2)7(3)8-4;1-2/h8H,2-3,5H2,1,4H3;1-2H3. The van der Waals surface area contributed by atoms with Crippen LogP contribution in [0.25, 0.3) is 0 Å². The lowest BCUT2D eigenvalue weighted by Gasteiger charge is -2.03. The predicted octanol–water partition coefficient (Wildman–Crippen LogP) is 2.71. The van der Waals surface area contributed by atoms with Crippen LogP contribution in [0.2, 0.25) is 0 Å². The van der Waals surface area contributed by atoms with Crippen LogP contribution in [0.1, 0.15) is 27.2 Å². The monoisotopic (exact) mass is 141 g/mol. The summed E-state index contributed by atoms with van der Waals surface area (Å²) in [5, 5.41) is 2.92. The summed E-state index contributed by atoms with van der Waals surface area (Å²) in [5.41, 5.74) is 2.01. The maximum atomic E-state index is 3.78. The molecule has 1 N–H and O–H groups in total. The van der Waals surface area contributed by atoms with E-state index in [0.29, 0.717) is 0 Å². The molecule has 0 fully saturated rings. The highest BCUT2D eigenvalue weighted by Crippen LogP contribution is 2.03. The van der Waals surface area contributed by atoms with Crippen LogP contribution >= 0.6 is 0 Å². The molecular weight excluding hydrogens is 122 g/mol. The zero-order chi connectivity index (χ0) is 8.57. The van der Waals surface area contributed by atoms with Gasteiger partial charge >= 0.3 is 0 Å². The Bertz CT molecular complexity index is 89.3. The van der Waals surface area contributed by atoms with Crippen LogP contribution in [0, 0.1) is 0 Å². The molecule has 0 radical (unpaired) electrons. The average molecular weight is 141 g/mol. The number of hydrogen-bond donors (Lipinski definition) is 1. The third-order valence-corrected chi connectivity index (χ3v) is 1.16. The van der Waals surface area contributed by atoms with E-state index in [2.05, 4.69) is 25.4 Å². The first kappa shape index (κ1) is 12.0. The summed E-state index contributed by atoms with van der Waals surface area (Å²) in [5.74, 6) is 0. The van der Waals surface area contributed by atoms with Gasteiger partial charge in [0.2, 0.25) is 0 Å². The second kappa shape index (κ2) is 8.28. The fourth-order valence-electron chi connectivity index (χ4n) is 0.390. The third-order valence-electron chi connectivity index (χ3n) is 1.16. The first-order valence-electron chi connectivity index (χ1n) is 3.77. The van der Waals surface area contributed by atoms with E-state index in [1.165, 1.54) is 0 Å². The van der Waals surface area contributed by atoms with Crippen molar-refractivity contribution < 1.29 is 0 Å². The number of nitrogens with one attached hydrogen (secondary N) is 1. The summed E-state index contributed by atoms with van der Waals surface area (Å²) in [6.07, 6.45) is 0.972. The molecule has 0 saturated carbocycles. The van der Waals surface area contributed by atoms with E-state index < -0.39 is 0 Å². The Labute approximate surface area is 64.8 Å². The van der Waals surface area contributed by atoms with Gasteiger partial charge in [0.05, 0.1) is 0 Å². The van der Waals surface area contributed by atoms with Crippen LogP contribution in [0.4, 0.5) is 0 Å². The van der Waals surface area contributed by atoms with Crippen molar-refractivity contribution in [2.75, 3.05) is 7.05 Å². The molecule has 0 rings (SSSR count). The smallest absolute Gasteiger partial charge is 0.0291 e. The second-order valence-corrected chi connectivity index (χ2v) is 1.69. The van der Waals surface area contributed by atoms with Gasteiger partial charge in [-0.3, -0.25) is 0 Å². The largest absolute Gasteiger partial charge is 0.388 e. The Morgan fingerprint density at radius 3 is 1.80 bits per heavy atom.